The summed E-state index contributed by atoms with van der Waals surface area (Å²) < 4.78 is 1.96. The largest absolute Gasteiger partial charge is 0.352 e. The van der Waals surface area contributed by atoms with Crippen molar-refractivity contribution in [3.05, 3.63) is 71.5 Å². The van der Waals surface area contributed by atoms with Gasteiger partial charge in [0.15, 0.2) is 5.82 Å². The van der Waals surface area contributed by atoms with Crippen LogP contribution in [0.25, 0.3) is 16.6 Å². The van der Waals surface area contributed by atoms with Crippen LogP contribution < -0.4 is 10.2 Å². The van der Waals surface area contributed by atoms with E-state index >= 15 is 0 Å². The second kappa shape index (κ2) is 9.25. The molecule has 1 N–H and O–H groups in total. The van der Waals surface area contributed by atoms with Crippen molar-refractivity contribution < 1.29 is 4.79 Å². The summed E-state index contributed by atoms with van der Waals surface area (Å²) in [6.45, 7) is 7.59. The fourth-order valence-electron chi connectivity index (χ4n) is 4.84. The Labute approximate surface area is 199 Å². The van der Waals surface area contributed by atoms with E-state index in [1.54, 1.807) is 0 Å². The van der Waals surface area contributed by atoms with Crippen molar-refractivity contribution in [2.45, 2.75) is 40.0 Å². The van der Waals surface area contributed by atoms with Crippen LogP contribution in [0.2, 0.25) is 0 Å². The first-order valence-electron chi connectivity index (χ1n) is 12.0. The maximum atomic E-state index is 13.1. The van der Waals surface area contributed by atoms with Crippen molar-refractivity contribution in [2.24, 2.45) is 5.92 Å². The molecule has 0 spiro atoms. The van der Waals surface area contributed by atoms with Gasteiger partial charge in [0, 0.05) is 18.8 Å². The highest BCUT2D eigenvalue weighted by atomic mass is 16.1. The Morgan fingerprint density at radius 3 is 2.71 bits per heavy atom. The van der Waals surface area contributed by atoms with Crippen molar-refractivity contribution >= 4 is 28.3 Å². The third-order valence-corrected chi connectivity index (χ3v) is 6.68. The molecule has 1 fully saturated rings. The van der Waals surface area contributed by atoms with Crippen LogP contribution in [0.15, 0.2) is 54.6 Å². The zero-order valence-corrected chi connectivity index (χ0v) is 20.0. The van der Waals surface area contributed by atoms with Gasteiger partial charge in [-0.05, 0) is 62.9 Å². The first-order chi connectivity index (χ1) is 16.5. The van der Waals surface area contributed by atoms with Crippen LogP contribution in [0.5, 0.6) is 0 Å². The van der Waals surface area contributed by atoms with Crippen molar-refractivity contribution in [2.75, 3.05) is 23.3 Å². The molecule has 2 aromatic heterocycles. The number of nitrogens with one attached hydrogen (secondary N) is 1. The standard InChI is InChI=1S/C27H30N6O/c1-4-20-10-8-12-22(16-20)28-27(34)21-11-9-15-32(17-21)26-25-24(18(2)29-30-26)19(3)33(31-25)23-13-6-5-7-14-23/h5-8,10,12-14,16,21H,4,9,11,15,17H2,1-3H3,(H,28,34)/t21-/m1/s1. The Morgan fingerprint density at radius 1 is 1.09 bits per heavy atom. The minimum Gasteiger partial charge on any atom is -0.352 e. The van der Waals surface area contributed by atoms with E-state index in [9.17, 15) is 4.79 Å². The van der Waals surface area contributed by atoms with Gasteiger partial charge in [0.2, 0.25) is 5.91 Å². The molecule has 1 atom stereocenters. The molecule has 0 saturated carbocycles. The van der Waals surface area contributed by atoms with E-state index in [1.165, 1.54) is 5.56 Å². The molecule has 0 aliphatic carbocycles. The molecule has 1 amide bonds. The molecule has 0 radical (unpaired) electrons. The zero-order chi connectivity index (χ0) is 23.7. The second-order valence-corrected chi connectivity index (χ2v) is 8.99. The Hall–Kier alpha value is -3.74. The summed E-state index contributed by atoms with van der Waals surface area (Å²) in [6.07, 6.45) is 2.72. The van der Waals surface area contributed by atoms with Gasteiger partial charge >= 0.3 is 0 Å². The maximum Gasteiger partial charge on any atom is 0.229 e. The van der Waals surface area contributed by atoms with Crippen LogP contribution in [-0.4, -0.2) is 39.0 Å². The smallest absolute Gasteiger partial charge is 0.229 e. The van der Waals surface area contributed by atoms with E-state index in [4.69, 9.17) is 5.10 Å². The first kappa shape index (κ1) is 22.1. The molecular formula is C27H30N6O. The summed E-state index contributed by atoms with van der Waals surface area (Å²) in [5.74, 6) is 0.693. The van der Waals surface area contributed by atoms with Gasteiger partial charge in [0.25, 0.3) is 0 Å². The van der Waals surface area contributed by atoms with Gasteiger partial charge in [-0.25, -0.2) is 4.68 Å². The molecule has 5 rings (SSSR count). The van der Waals surface area contributed by atoms with E-state index < -0.39 is 0 Å². The van der Waals surface area contributed by atoms with Crippen LogP contribution in [0.4, 0.5) is 11.5 Å². The van der Waals surface area contributed by atoms with Gasteiger partial charge in [-0.3, -0.25) is 4.79 Å². The van der Waals surface area contributed by atoms with E-state index in [2.05, 4.69) is 40.3 Å². The number of aromatic nitrogens is 4. The van der Waals surface area contributed by atoms with Gasteiger partial charge in [0.05, 0.1) is 28.4 Å². The van der Waals surface area contributed by atoms with Crippen LogP contribution >= 0.6 is 0 Å². The lowest BCUT2D eigenvalue weighted by Crippen LogP contribution is -2.41. The highest BCUT2D eigenvalue weighted by Gasteiger charge is 2.29. The molecule has 1 aliphatic rings. The summed E-state index contributed by atoms with van der Waals surface area (Å²) >= 11 is 0. The average molecular weight is 455 g/mol. The molecule has 7 nitrogen and oxygen atoms in total. The number of amides is 1. The highest BCUT2D eigenvalue weighted by molar-refractivity contribution is 5.95. The Balaban J connectivity index is 1.43. The molecule has 1 aliphatic heterocycles. The molecular weight excluding hydrogens is 424 g/mol. The number of para-hydroxylation sites is 1. The monoisotopic (exact) mass is 454 g/mol. The molecule has 7 heteroatoms. The third kappa shape index (κ3) is 4.14. The van der Waals surface area contributed by atoms with Crippen LogP contribution in [-0.2, 0) is 11.2 Å². The quantitative estimate of drug-likeness (QED) is 0.467. The number of fused-ring (bicyclic) bond motifs is 1. The Morgan fingerprint density at radius 2 is 1.91 bits per heavy atom. The fraction of sp³-hybridized carbons (Fsp3) is 0.333. The van der Waals surface area contributed by atoms with E-state index in [1.807, 2.05) is 60.1 Å². The van der Waals surface area contributed by atoms with Gasteiger partial charge < -0.3 is 10.2 Å². The van der Waals surface area contributed by atoms with E-state index in [0.29, 0.717) is 6.54 Å². The lowest BCUT2D eigenvalue weighted by atomic mass is 9.96. The molecule has 0 bridgehead atoms. The van der Waals surface area contributed by atoms with Gasteiger partial charge in [0.1, 0.15) is 5.52 Å². The predicted octanol–water partition coefficient (Wildman–Crippen LogP) is 4.85. The van der Waals surface area contributed by atoms with E-state index in [0.717, 1.165) is 65.3 Å². The number of carbonyl (C=O) groups is 1. The minimum absolute atomic E-state index is 0.0558. The Kier molecular flexibility index (Phi) is 6.01. The first-order valence-corrected chi connectivity index (χ1v) is 12.0. The summed E-state index contributed by atoms with van der Waals surface area (Å²) in [5.41, 5.74) is 5.82. The normalized spacial score (nSPS) is 16.1. The lowest BCUT2D eigenvalue weighted by Gasteiger charge is -2.32. The van der Waals surface area contributed by atoms with Crippen LogP contribution in [0, 0.1) is 19.8 Å². The van der Waals surface area contributed by atoms with Crippen LogP contribution in [0.3, 0.4) is 0 Å². The van der Waals surface area contributed by atoms with Crippen molar-refractivity contribution in [3.8, 4) is 5.69 Å². The fourth-order valence-corrected chi connectivity index (χ4v) is 4.84. The van der Waals surface area contributed by atoms with E-state index in [-0.39, 0.29) is 11.8 Å². The topological polar surface area (TPSA) is 75.9 Å². The van der Waals surface area contributed by atoms with Gasteiger partial charge in [-0.2, -0.15) is 10.2 Å². The summed E-state index contributed by atoms with van der Waals surface area (Å²) in [4.78, 5) is 15.3. The molecule has 174 valence electrons. The van der Waals surface area contributed by atoms with Crippen molar-refractivity contribution in [1.29, 1.82) is 0 Å². The highest BCUT2D eigenvalue weighted by Crippen LogP contribution is 2.31. The molecule has 2 aromatic carbocycles. The number of aryl methyl sites for hydroxylation is 3. The van der Waals surface area contributed by atoms with Gasteiger partial charge in [-0.15, -0.1) is 5.10 Å². The molecule has 34 heavy (non-hydrogen) atoms. The van der Waals surface area contributed by atoms with Gasteiger partial charge in [-0.1, -0.05) is 37.3 Å². The molecule has 4 aromatic rings. The number of hydrogen-bond donors (Lipinski definition) is 1. The third-order valence-electron chi connectivity index (χ3n) is 6.68. The number of rotatable bonds is 5. The van der Waals surface area contributed by atoms with Crippen molar-refractivity contribution in [3.63, 3.8) is 0 Å². The van der Waals surface area contributed by atoms with Crippen LogP contribution in [0.1, 0.15) is 36.7 Å². The molecule has 1 saturated heterocycles. The average Bonchev–Trinajstić information content (AvgIpc) is 3.23. The SMILES string of the molecule is CCc1cccc(NC(=O)[C@@H]2CCCN(c3nnc(C)c4c(C)n(-c5ccccc5)nc34)C2)c1. The zero-order valence-electron chi connectivity index (χ0n) is 20.0. The lowest BCUT2D eigenvalue weighted by molar-refractivity contribution is -0.120. The number of hydrogen-bond acceptors (Lipinski definition) is 5. The Bertz CT molecular complexity index is 1330. The molecule has 0 unspecified atom stereocenters. The summed E-state index contributed by atoms with van der Waals surface area (Å²) in [7, 11) is 0. The maximum absolute atomic E-state index is 13.1. The number of anilines is 2. The second-order valence-electron chi connectivity index (χ2n) is 8.99. The number of piperidine rings is 1. The number of carbonyl (C=O) groups excluding carboxylic acids is 1. The summed E-state index contributed by atoms with van der Waals surface area (Å²) in [5, 5.41) is 18.1. The van der Waals surface area contributed by atoms with Crippen molar-refractivity contribution in [1.82, 2.24) is 20.0 Å². The summed E-state index contributed by atoms with van der Waals surface area (Å²) in [6, 6.07) is 18.2. The number of benzene rings is 2. The predicted molar refractivity (Wildman–Crippen MR) is 136 cm³/mol. The minimum atomic E-state index is -0.116. The molecule has 3 heterocycles. The number of nitrogens with zero attached hydrogens (tertiary/aromatic N) is 5.